The molecule has 0 aliphatic carbocycles. The van der Waals surface area contributed by atoms with Crippen molar-refractivity contribution in [3.8, 4) is 0 Å². The van der Waals surface area contributed by atoms with Gasteiger partial charge in [0.2, 0.25) is 0 Å². The van der Waals surface area contributed by atoms with Crippen LogP contribution in [0.2, 0.25) is 0 Å². The van der Waals surface area contributed by atoms with Crippen LogP contribution in [0, 0.1) is 0 Å². The maximum absolute atomic E-state index is 12.6. The normalized spacial score (nSPS) is 25.2. The number of carbonyl (C=O) groups is 2. The van der Waals surface area contributed by atoms with Gasteiger partial charge in [-0.3, -0.25) is 4.79 Å². The maximum Gasteiger partial charge on any atom is 0.334 e. The van der Waals surface area contributed by atoms with Crippen molar-refractivity contribution in [3.63, 3.8) is 0 Å². The minimum atomic E-state index is -1.04. The molecule has 0 aromatic heterocycles. The third kappa shape index (κ3) is 2.77. The van der Waals surface area contributed by atoms with Crippen molar-refractivity contribution in [2.45, 2.75) is 18.6 Å². The number of nitrogens with zero attached hydrogens (tertiary/aromatic N) is 1. The number of morpholine rings is 1. The molecule has 6 heteroatoms. The summed E-state index contributed by atoms with van der Waals surface area (Å²) < 4.78 is 10.8. The summed E-state index contributed by atoms with van der Waals surface area (Å²) in [6.07, 6.45) is -0.801. The topological polar surface area (TPSA) is 76.1 Å². The Bertz CT molecular complexity index is 559. The number of carbonyl (C=O) groups excluding carboxylic acids is 1. The van der Waals surface area contributed by atoms with E-state index in [2.05, 4.69) is 0 Å². The number of hydrogen-bond acceptors (Lipinski definition) is 4. The second-order valence-corrected chi connectivity index (χ2v) is 5.18. The van der Waals surface area contributed by atoms with E-state index in [9.17, 15) is 9.59 Å². The first kappa shape index (κ1) is 14.0. The average Bonchev–Trinajstić information content (AvgIpc) is 2.53. The van der Waals surface area contributed by atoms with Crippen LogP contribution < -0.4 is 0 Å². The van der Waals surface area contributed by atoms with E-state index in [1.807, 2.05) is 24.3 Å². The molecule has 1 amide bonds. The van der Waals surface area contributed by atoms with Crippen LogP contribution in [0.25, 0.3) is 0 Å². The fourth-order valence-corrected chi connectivity index (χ4v) is 2.76. The molecule has 1 aromatic carbocycles. The zero-order valence-electron chi connectivity index (χ0n) is 11.5. The molecule has 1 fully saturated rings. The summed E-state index contributed by atoms with van der Waals surface area (Å²) in [5.74, 6) is -1.23. The molecule has 0 saturated carbocycles. The third-order valence-electron chi connectivity index (χ3n) is 3.87. The molecule has 1 saturated heterocycles. The highest BCUT2D eigenvalue weighted by molar-refractivity contribution is 5.84. The summed E-state index contributed by atoms with van der Waals surface area (Å²) in [6.45, 7) is 1.19. The van der Waals surface area contributed by atoms with E-state index in [4.69, 9.17) is 14.6 Å². The monoisotopic (exact) mass is 291 g/mol. The van der Waals surface area contributed by atoms with Crippen LogP contribution in [0.3, 0.4) is 0 Å². The van der Waals surface area contributed by atoms with Crippen LogP contribution in [0.4, 0.5) is 0 Å². The highest BCUT2D eigenvalue weighted by Crippen LogP contribution is 2.29. The van der Waals surface area contributed by atoms with Gasteiger partial charge in [0.05, 0.1) is 19.8 Å². The van der Waals surface area contributed by atoms with Gasteiger partial charge in [0, 0.05) is 6.54 Å². The zero-order chi connectivity index (χ0) is 14.8. The number of ether oxygens (including phenoxy) is 2. The molecule has 2 atom stereocenters. The number of fused-ring (bicyclic) bond motifs is 1. The first-order valence-corrected chi connectivity index (χ1v) is 6.99. The Morgan fingerprint density at radius 3 is 2.81 bits per heavy atom. The van der Waals surface area contributed by atoms with Crippen LogP contribution in [-0.4, -0.2) is 54.3 Å². The molecule has 2 aliphatic heterocycles. The fraction of sp³-hybridized carbons (Fsp3) is 0.467. The maximum atomic E-state index is 12.6. The highest BCUT2D eigenvalue weighted by Gasteiger charge is 2.35. The fourth-order valence-electron chi connectivity index (χ4n) is 2.76. The van der Waals surface area contributed by atoms with Crippen molar-refractivity contribution in [2.24, 2.45) is 0 Å². The van der Waals surface area contributed by atoms with Gasteiger partial charge in [0.15, 0.2) is 12.2 Å². The van der Waals surface area contributed by atoms with E-state index < -0.39 is 18.2 Å². The molecule has 3 rings (SSSR count). The minimum Gasteiger partial charge on any atom is -0.479 e. The largest absolute Gasteiger partial charge is 0.479 e. The Labute approximate surface area is 122 Å². The molecular formula is C15H17NO5. The third-order valence-corrected chi connectivity index (χ3v) is 3.87. The Morgan fingerprint density at radius 1 is 1.19 bits per heavy atom. The molecule has 2 heterocycles. The van der Waals surface area contributed by atoms with E-state index in [0.717, 1.165) is 17.5 Å². The number of aliphatic carboxylic acids is 1. The summed E-state index contributed by atoms with van der Waals surface area (Å²) in [5.41, 5.74) is 2.00. The molecular weight excluding hydrogens is 274 g/mol. The van der Waals surface area contributed by atoms with Gasteiger partial charge in [-0.2, -0.15) is 0 Å². The molecule has 6 nitrogen and oxygen atoms in total. The van der Waals surface area contributed by atoms with Gasteiger partial charge in [-0.25, -0.2) is 4.79 Å². The zero-order valence-corrected chi connectivity index (χ0v) is 11.5. The Morgan fingerprint density at radius 2 is 2.00 bits per heavy atom. The number of rotatable bonds is 2. The number of carboxylic acid groups (broad SMARTS) is 1. The predicted octanol–water partition coefficient (Wildman–Crippen LogP) is 0.612. The number of hydrogen-bond donors (Lipinski definition) is 1. The minimum absolute atomic E-state index is 0.0657. The van der Waals surface area contributed by atoms with E-state index in [1.165, 1.54) is 4.90 Å². The Kier molecular flexibility index (Phi) is 3.90. The van der Waals surface area contributed by atoms with Crippen LogP contribution in [0.5, 0.6) is 0 Å². The summed E-state index contributed by atoms with van der Waals surface area (Å²) in [7, 11) is 0. The average molecular weight is 291 g/mol. The second kappa shape index (κ2) is 5.83. The van der Waals surface area contributed by atoms with Gasteiger partial charge in [0.25, 0.3) is 5.91 Å². The first-order chi connectivity index (χ1) is 10.2. The molecule has 2 aliphatic rings. The number of carboxylic acids is 1. The molecule has 0 unspecified atom stereocenters. The quantitative estimate of drug-likeness (QED) is 0.864. The molecule has 1 aromatic rings. The van der Waals surface area contributed by atoms with Crippen molar-refractivity contribution in [1.82, 2.24) is 4.90 Å². The molecule has 0 bridgehead atoms. The van der Waals surface area contributed by atoms with Crippen LogP contribution in [-0.2, 0) is 25.5 Å². The van der Waals surface area contributed by atoms with Gasteiger partial charge >= 0.3 is 5.97 Å². The standard InChI is InChI=1S/C15H17NO5/c17-14(16-6-8-20-12(9-16)15(18)19)13-11-4-2-1-3-10(11)5-7-21-13/h1-4,12-13H,5-9H2,(H,18,19)/t12-,13-/m0/s1. The summed E-state index contributed by atoms with van der Waals surface area (Å²) in [4.78, 5) is 25.2. The van der Waals surface area contributed by atoms with Crippen LogP contribution in [0.1, 0.15) is 17.2 Å². The van der Waals surface area contributed by atoms with Gasteiger partial charge in [0.1, 0.15) is 0 Å². The van der Waals surface area contributed by atoms with Gasteiger partial charge in [-0.1, -0.05) is 24.3 Å². The Hall–Kier alpha value is -1.92. The predicted molar refractivity (Wildman–Crippen MR) is 72.8 cm³/mol. The van der Waals surface area contributed by atoms with Crippen molar-refractivity contribution in [2.75, 3.05) is 26.3 Å². The molecule has 21 heavy (non-hydrogen) atoms. The molecule has 112 valence electrons. The lowest BCUT2D eigenvalue weighted by Gasteiger charge is -2.35. The van der Waals surface area contributed by atoms with Crippen molar-refractivity contribution in [3.05, 3.63) is 35.4 Å². The first-order valence-electron chi connectivity index (χ1n) is 6.99. The lowest BCUT2D eigenvalue weighted by atomic mass is 9.96. The number of amides is 1. The summed E-state index contributed by atoms with van der Waals surface area (Å²) >= 11 is 0. The van der Waals surface area contributed by atoms with Gasteiger partial charge < -0.3 is 19.5 Å². The number of benzene rings is 1. The lowest BCUT2D eigenvalue weighted by molar-refractivity contribution is -0.164. The van der Waals surface area contributed by atoms with Crippen molar-refractivity contribution < 1.29 is 24.2 Å². The highest BCUT2D eigenvalue weighted by atomic mass is 16.5. The van der Waals surface area contributed by atoms with Gasteiger partial charge in [-0.05, 0) is 17.5 Å². The van der Waals surface area contributed by atoms with Crippen molar-refractivity contribution in [1.29, 1.82) is 0 Å². The molecule has 0 radical (unpaired) electrons. The van der Waals surface area contributed by atoms with Gasteiger partial charge in [-0.15, -0.1) is 0 Å². The van der Waals surface area contributed by atoms with Crippen LogP contribution in [0.15, 0.2) is 24.3 Å². The van der Waals surface area contributed by atoms with Crippen molar-refractivity contribution >= 4 is 11.9 Å². The smallest absolute Gasteiger partial charge is 0.334 e. The SMILES string of the molecule is O=C(O)[C@@H]1CN(C(=O)[C@H]2OCCc3ccccc32)CCO1. The van der Waals surface area contributed by atoms with E-state index in [0.29, 0.717) is 13.2 Å². The molecule has 0 spiro atoms. The summed E-state index contributed by atoms with van der Waals surface area (Å²) in [6, 6.07) is 7.72. The molecule has 1 N–H and O–H groups in total. The second-order valence-electron chi connectivity index (χ2n) is 5.18. The van der Waals surface area contributed by atoms with E-state index in [-0.39, 0.29) is 19.1 Å². The Balaban J connectivity index is 1.78. The summed E-state index contributed by atoms with van der Waals surface area (Å²) in [5, 5.41) is 9.01. The van der Waals surface area contributed by atoms with E-state index in [1.54, 1.807) is 0 Å². The van der Waals surface area contributed by atoms with E-state index >= 15 is 0 Å². The van der Waals surface area contributed by atoms with Crippen LogP contribution >= 0.6 is 0 Å². The lowest BCUT2D eigenvalue weighted by Crippen LogP contribution is -2.50.